The number of hydrogen-bond acceptors (Lipinski definition) is 6. The van der Waals surface area contributed by atoms with E-state index in [0.717, 1.165) is 0 Å². The molecule has 0 atom stereocenters. The maximum atomic E-state index is 12.3. The summed E-state index contributed by atoms with van der Waals surface area (Å²) in [6.07, 6.45) is 0. The standard InChI is InChI=1S/C19H17ClN4O4/c1-12-18(23-24(22-12)15-5-3-4-13(20)10-15)19(26)28-11-17(25)21-14-6-8-16(27-2)9-7-14/h3-10H,11H2,1-2H3,(H,21,25). The van der Waals surface area contributed by atoms with Crippen LogP contribution in [-0.2, 0) is 9.53 Å². The summed E-state index contributed by atoms with van der Waals surface area (Å²) in [5.74, 6) is -0.545. The molecule has 1 heterocycles. The number of carbonyl (C=O) groups is 2. The van der Waals surface area contributed by atoms with E-state index < -0.39 is 18.5 Å². The van der Waals surface area contributed by atoms with Crippen LogP contribution in [0.4, 0.5) is 5.69 Å². The van der Waals surface area contributed by atoms with Gasteiger partial charge in [-0.15, -0.1) is 5.10 Å². The Morgan fingerprint density at radius 1 is 1.14 bits per heavy atom. The van der Waals surface area contributed by atoms with Gasteiger partial charge in [-0.2, -0.15) is 9.90 Å². The number of benzene rings is 2. The number of nitrogens with zero attached hydrogens (tertiary/aromatic N) is 3. The summed E-state index contributed by atoms with van der Waals surface area (Å²) in [6.45, 7) is 1.18. The second kappa shape index (κ2) is 8.53. The second-order valence-corrected chi connectivity index (χ2v) is 6.19. The van der Waals surface area contributed by atoms with Crippen molar-refractivity contribution in [3.05, 3.63) is 64.9 Å². The summed E-state index contributed by atoms with van der Waals surface area (Å²) >= 11 is 5.96. The third-order valence-electron chi connectivity index (χ3n) is 3.72. The molecule has 3 aromatic rings. The minimum atomic E-state index is -0.740. The molecule has 8 nitrogen and oxygen atoms in total. The smallest absolute Gasteiger partial charge is 0.361 e. The van der Waals surface area contributed by atoms with Gasteiger partial charge in [0.25, 0.3) is 5.91 Å². The molecule has 1 aromatic heterocycles. The summed E-state index contributed by atoms with van der Waals surface area (Å²) in [5, 5.41) is 11.5. The average Bonchev–Trinajstić information content (AvgIpc) is 3.08. The molecule has 9 heteroatoms. The largest absolute Gasteiger partial charge is 0.497 e. The van der Waals surface area contributed by atoms with Gasteiger partial charge in [-0.05, 0) is 49.4 Å². The zero-order chi connectivity index (χ0) is 20.1. The predicted octanol–water partition coefficient (Wildman–Crippen LogP) is 3.03. The minimum absolute atomic E-state index is 0.0252. The number of ether oxygens (including phenoxy) is 2. The van der Waals surface area contributed by atoms with E-state index in [9.17, 15) is 9.59 Å². The van der Waals surface area contributed by atoms with Crippen molar-refractivity contribution in [1.82, 2.24) is 15.0 Å². The molecule has 0 saturated heterocycles. The number of carbonyl (C=O) groups excluding carboxylic acids is 2. The van der Waals surface area contributed by atoms with Crippen LogP contribution in [-0.4, -0.2) is 40.6 Å². The fourth-order valence-corrected chi connectivity index (χ4v) is 2.54. The Bertz CT molecular complexity index is 1000. The first kappa shape index (κ1) is 19.4. The lowest BCUT2D eigenvalue weighted by Crippen LogP contribution is -2.21. The van der Waals surface area contributed by atoms with Crippen LogP contribution >= 0.6 is 11.6 Å². The number of anilines is 1. The van der Waals surface area contributed by atoms with Crippen molar-refractivity contribution < 1.29 is 19.1 Å². The van der Waals surface area contributed by atoms with Crippen molar-refractivity contribution in [2.75, 3.05) is 19.0 Å². The lowest BCUT2D eigenvalue weighted by atomic mass is 10.3. The molecule has 0 spiro atoms. The van der Waals surface area contributed by atoms with Crippen LogP contribution in [0.25, 0.3) is 5.69 Å². The first-order valence-electron chi connectivity index (χ1n) is 8.27. The van der Waals surface area contributed by atoms with Gasteiger partial charge in [-0.3, -0.25) is 4.79 Å². The number of aryl methyl sites for hydroxylation is 1. The number of hydrogen-bond donors (Lipinski definition) is 1. The predicted molar refractivity (Wildman–Crippen MR) is 103 cm³/mol. The van der Waals surface area contributed by atoms with Gasteiger partial charge in [-0.1, -0.05) is 17.7 Å². The SMILES string of the molecule is COc1ccc(NC(=O)COC(=O)c2nn(-c3cccc(Cl)c3)nc2C)cc1. The molecule has 0 bridgehead atoms. The summed E-state index contributed by atoms with van der Waals surface area (Å²) < 4.78 is 10.1. The normalized spacial score (nSPS) is 10.4. The van der Waals surface area contributed by atoms with E-state index in [1.54, 1.807) is 62.6 Å². The van der Waals surface area contributed by atoms with Gasteiger partial charge in [0.05, 0.1) is 18.5 Å². The Hall–Kier alpha value is -3.39. The molecule has 0 saturated carbocycles. The third-order valence-corrected chi connectivity index (χ3v) is 3.96. The van der Waals surface area contributed by atoms with Gasteiger partial charge in [0, 0.05) is 10.7 Å². The maximum absolute atomic E-state index is 12.3. The molecule has 28 heavy (non-hydrogen) atoms. The molecule has 144 valence electrons. The highest BCUT2D eigenvalue weighted by molar-refractivity contribution is 6.30. The molecule has 0 radical (unpaired) electrons. The van der Waals surface area contributed by atoms with E-state index in [1.165, 1.54) is 4.80 Å². The summed E-state index contributed by atoms with van der Waals surface area (Å²) in [7, 11) is 1.55. The molecule has 3 rings (SSSR count). The summed E-state index contributed by atoms with van der Waals surface area (Å²) in [6, 6.07) is 13.7. The third kappa shape index (κ3) is 4.66. The highest BCUT2D eigenvalue weighted by Gasteiger charge is 2.19. The Balaban J connectivity index is 1.60. The van der Waals surface area contributed by atoms with Crippen molar-refractivity contribution in [3.63, 3.8) is 0 Å². The van der Waals surface area contributed by atoms with E-state index in [1.807, 2.05) is 0 Å². The first-order valence-corrected chi connectivity index (χ1v) is 8.65. The number of aromatic nitrogens is 3. The quantitative estimate of drug-likeness (QED) is 0.639. The first-order chi connectivity index (χ1) is 13.5. The van der Waals surface area contributed by atoms with E-state index in [2.05, 4.69) is 15.5 Å². The Kier molecular flexibility index (Phi) is 5.90. The molecule has 2 aromatic carbocycles. The van der Waals surface area contributed by atoms with Gasteiger partial charge >= 0.3 is 5.97 Å². The molecule has 0 aliphatic rings. The lowest BCUT2D eigenvalue weighted by Gasteiger charge is -2.06. The van der Waals surface area contributed by atoms with Crippen molar-refractivity contribution in [3.8, 4) is 11.4 Å². The number of rotatable bonds is 6. The van der Waals surface area contributed by atoms with Crippen molar-refractivity contribution >= 4 is 29.2 Å². The molecular formula is C19H17ClN4O4. The number of amides is 1. The van der Waals surface area contributed by atoms with Crippen LogP contribution in [0.15, 0.2) is 48.5 Å². The van der Waals surface area contributed by atoms with Crippen LogP contribution in [0.1, 0.15) is 16.2 Å². The van der Waals surface area contributed by atoms with Gasteiger partial charge in [0.2, 0.25) is 0 Å². The number of methoxy groups -OCH3 is 1. The topological polar surface area (TPSA) is 95.3 Å². The highest BCUT2D eigenvalue weighted by Crippen LogP contribution is 2.16. The van der Waals surface area contributed by atoms with Crippen LogP contribution < -0.4 is 10.1 Å². The Labute approximate surface area is 166 Å². The summed E-state index contributed by atoms with van der Waals surface area (Å²) in [4.78, 5) is 25.5. The Morgan fingerprint density at radius 2 is 1.89 bits per heavy atom. The molecule has 0 unspecified atom stereocenters. The summed E-state index contributed by atoms with van der Waals surface area (Å²) in [5.41, 5.74) is 1.56. The highest BCUT2D eigenvalue weighted by atomic mass is 35.5. The Morgan fingerprint density at radius 3 is 2.57 bits per heavy atom. The zero-order valence-corrected chi connectivity index (χ0v) is 15.9. The monoisotopic (exact) mass is 400 g/mol. The van der Waals surface area contributed by atoms with E-state index in [4.69, 9.17) is 21.1 Å². The molecule has 1 amide bonds. The molecule has 0 aliphatic heterocycles. The van der Waals surface area contributed by atoms with Crippen LogP contribution in [0.3, 0.4) is 0 Å². The maximum Gasteiger partial charge on any atom is 0.361 e. The molecular weight excluding hydrogens is 384 g/mol. The van der Waals surface area contributed by atoms with Crippen molar-refractivity contribution in [2.24, 2.45) is 0 Å². The molecule has 1 N–H and O–H groups in total. The minimum Gasteiger partial charge on any atom is -0.497 e. The van der Waals surface area contributed by atoms with Gasteiger partial charge < -0.3 is 14.8 Å². The van der Waals surface area contributed by atoms with E-state index in [0.29, 0.717) is 27.8 Å². The van der Waals surface area contributed by atoms with E-state index >= 15 is 0 Å². The van der Waals surface area contributed by atoms with Crippen molar-refractivity contribution in [1.29, 1.82) is 0 Å². The number of halogens is 1. The van der Waals surface area contributed by atoms with E-state index in [-0.39, 0.29) is 5.69 Å². The zero-order valence-electron chi connectivity index (χ0n) is 15.2. The fourth-order valence-electron chi connectivity index (χ4n) is 2.35. The van der Waals surface area contributed by atoms with Gasteiger partial charge in [0.15, 0.2) is 12.3 Å². The van der Waals surface area contributed by atoms with Crippen molar-refractivity contribution in [2.45, 2.75) is 6.92 Å². The van der Waals surface area contributed by atoms with Gasteiger partial charge in [-0.25, -0.2) is 4.79 Å². The number of esters is 1. The molecule has 0 fully saturated rings. The molecule has 0 aliphatic carbocycles. The average molecular weight is 401 g/mol. The fraction of sp³-hybridized carbons (Fsp3) is 0.158. The lowest BCUT2D eigenvalue weighted by molar-refractivity contribution is -0.119. The van der Waals surface area contributed by atoms with Crippen LogP contribution in [0, 0.1) is 6.92 Å². The van der Waals surface area contributed by atoms with Crippen LogP contribution in [0.2, 0.25) is 5.02 Å². The van der Waals surface area contributed by atoms with Gasteiger partial charge in [0.1, 0.15) is 5.75 Å². The second-order valence-electron chi connectivity index (χ2n) is 5.76. The van der Waals surface area contributed by atoms with Crippen LogP contribution in [0.5, 0.6) is 5.75 Å². The number of nitrogens with one attached hydrogen (secondary N) is 1.